The van der Waals surface area contributed by atoms with Gasteiger partial charge in [-0.05, 0) is 34.9 Å². The van der Waals surface area contributed by atoms with E-state index >= 15 is 0 Å². The fourth-order valence-corrected chi connectivity index (χ4v) is 3.39. The summed E-state index contributed by atoms with van der Waals surface area (Å²) in [5.41, 5.74) is 2.35. The molecule has 0 aliphatic rings. The Morgan fingerprint density at radius 3 is 2.08 bits per heavy atom. The first-order valence-corrected chi connectivity index (χ1v) is 8.96. The van der Waals surface area contributed by atoms with Crippen LogP contribution in [-0.2, 0) is 9.84 Å². The maximum atomic E-state index is 14.2. The fraction of sp³-hybridized carbons (Fsp3) is 0.0556. The van der Waals surface area contributed by atoms with Gasteiger partial charge in [0, 0.05) is 24.2 Å². The predicted octanol–water partition coefficient (Wildman–Crippen LogP) is 4.10. The van der Waals surface area contributed by atoms with Gasteiger partial charge in [0.15, 0.2) is 9.84 Å². The van der Waals surface area contributed by atoms with Gasteiger partial charge in [-0.2, -0.15) is 0 Å². The molecule has 0 aliphatic heterocycles. The Bertz CT molecular complexity index is 980. The quantitative estimate of drug-likeness (QED) is 0.718. The van der Waals surface area contributed by atoms with Crippen molar-refractivity contribution in [2.75, 3.05) is 6.26 Å². The molecular formula is C18H13F2NO2S. The van der Waals surface area contributed by atoms with Crippen LogP contribution in [0.25, 0.3) is 22.3 Å². The number of pyridine rings is 1. The average Bonchev–Trinajstić information content (AvgIpc) is 2.53. The normalized spacial score (nSPS) is 11.5. The SMILES string of the molecule is CS(=O)(=O)c1c(F)cc(-c2cnccc2-c2ccccc2)cc1F. The molecular weight excluding hydrogens is 332 g/mol. The molecule has 0 aliphatic carbocycles. The lowest BCUT2D eigenvalue weighted by molar-refractivity contribution is 0.522. The lowest BCUT2D eigenvalue weighted by Crippen LogP contribution is -2.05. The van der Waals surface area contributed by atoms with Crippen molar-refractivity contribution >= 4 is 9.84 Å². The molecule has 3 nitrogen and oxygen atoms in total. The minimum atomic E-state index is -3.99. The molecule has 3 aromatic rings. The van der Waals surface area contributed by atoms with Gasteiger partial charge in [-0.3, -0.25) is 4.98 Å². The second-order valence-electron chi connectivity index (χ2n) is 5.33. The number of benzene rings is 2. The van der Waals surface area contributed by atoms with Crippen LogP contribution in [0.3, 0.4) is 0 Å². The van der Waals surface area contributed by atoms with Crippen LogP contribution < -0.4 is 0 Å². The monoisotopic (exact) mass is 345 g/mol. The number of halogens is 2. The van der Waals surface area contributed by atoms with Gasteiger partial charge in [0.05, 0.1) is 0 Å². The summed E-state index contributed by atoms with van der Waals surface area (Å²) in [5, 5.41) is 0. The molecule has 0 N–H and O–H groups in total. The zero-order valence-corrected chi connectivity index (χ0v) is 13.5. The summed E-state index contributed by atoms with van der Waals surface area (Å²) in [6, 6.07) is 13.1. The zero-order chi connectivity index (χ0) is 17.3. The third kappa shape index (κ3) is 3.05. The third-order valence-electron chi connectivity index (χ3n) is 3.59. The second-order valence-corrected chi connectivity index (χ2v) is 7.28. The molecule has 24 heavy (non-hydrogen) atoms. The van der Waals surface area contributed by atoms with E-state index in [1.54, 1.807) is 12.3 Å². The molecule has 122 valence electrons. The van der Waals surface area contributed by atoms with Crippen LogP contribution >= 0.6 is 0 Å². The summed E-state index contributed by atoms with van der Waals surface area (Å²) < 4.78 is 51.4. The summed E-state index contributed by atoms with van der Waals surface area (Å²) in [6.07, 6.45) is 3.85. The number of rotatable bonds is 3. The van der Waals surface area contributed by atoms with Crippen LogP contribution in [0.4, 0.5) is 8.78 Å². The van der Waals surface area contributed by atoms with E-state index in [9.17, 15) is 17.2 Å². The van der Waals surface area contributed by atoms with Crippen molar-refractivity contribution in [3.8, 4) is 22.3 Å². The van der Waals surface area contributed by atoms with Crippen molar-refractivity contribution < 1.29 is 17.2 Å². The second kappa shape index (κ2) is 6.13. The zero-order valence-electron chi connectivity index (χ0n) is 12.7. The molecule has 6 heteroatoms. The van der Waals surface area contributed by atoms with Gasteiger partial charge in [-0.25, -0.2) is 17.2 Å². The van der Waals surface area contributed by atoms with Crippen molar-refractivity contribution in [2.24, 2.45) is 0 Å². The Kier molecular flexibility index (Phi) is 4.15. The molecule has 1 aromatic heterocycles. The molecule has 0 saturated carbocycles. The summed E-state index contributed by atoms with van der Waals surface area (Å²) in [7, 11) is -3.99. The Balaban J connectivity index is 2.22. The van der Waals surface area contributed by atoms with Crippen LogP contribution in [0.15, 0.2) is 65.8 Å². The topological polar surface area (TPSA) is 47.0 Å². The Morgan fingerprint density at radius 2 is 1.50 bits per heavy atom. The Morgan fingerprint density at radius 1 is 0.875 bits per heavy atom. The first-order chi connectivity index (χ1) is 11.4. The smallest absolute Gasteiger partial charge is 0.181 e. The standard InChI is InChI=1S/C18H13F2NO2S/c1-24(22,23)18-16(19)9-13(10-17(18)20)15-11-21-8-7-14(15)12-5-3-2-4-6-12/h2-11H,1H3. The van der Waals surface area contributed by atoms with Gasteiger partial charge < -0.3 is 0 Å². The molecule has 0 atom stereocenters. The Labute approximate surface area is 138 Å². The number of nitrogens with zero attached hydrogens (tertiary/aromatic N) is 1. The van der Waals surface area contributed by atoms with Gasteiger partial charge in [0.2, 0.25) is 0 Å². The van der Waals surface area contributed by atoms with E-state index in [1.807, 2.05) is 30.3 Å². The maximum Gasteiger partial charge on any atom is 0.181 e. The first-order valence-electron chi connectivity index (χ1n) is 7.07. The molecule has 3 rings (SSSR count). The molecule has 2 aromatic carbocycles. The summed E-state index contributed by atoms with van der Waals surface area (Å²) >= 11 is 0. The molecule has 0 amide bonds. The van der Waals surface area contributed by atoms with Gasteiger partial charge >= 0.3 is 0 Å². The minimum Gasteiger partial charge on any atom is -0.264 e. The van der Waals surface area contributed by atoms with Crippen molar-refractivity contribution in [3.05, 3.63) is 72.6 Å². The van der Waals surface area contributed by atoms with E-state index in [1.165, 1.54) is 6.20 Å². The Hall–Kier alpha value is -2.60. The van der Waals surface area contributed by atoms with Crippen LogP contribution in [0.5, 0.6) is 0 Å². The highest BCUT2D eigenvalue weighted by atomic mass is 32.2. The van der Waals surface area contributed by atoms with Crippen LogP contribution in [0.1, 0.15) is 0 Å². The van der Waals surface area contributed by atoms with Crippen LogP contribution in [-0.4, -0.2) is 19.7 Å². The predicted molar refractivity (Wildman–Crippen MR) is 88.1 cm³/mol. The van der Waals surface area contributed by atoms with Crippen molar-refractivity contribution in [1.29, 1.82) is 0 Å². The first kappa shape index (κ1) is 16.3. The summed E-state index contributed by atoms with van der Waals surface area (Å²) in [5.74, 6) is -2.23. The molecule has 1 heterocycles. The minimum absolute atomic E-state index is 0.226. The molecule has 0 fully saturated rings. The number of hydrogen-bond acceptors (Lipinski definition) is 3. The van der Waals surface area contributed by atoms with Crippen molar-refractivity contribution in [3.63, 3.8) is 0 Å². The highest BCUT2D eigenvalue weighted by molar-refractivity contribution is 7.90. The van der Waals surface area contributed by atoms with E-state index in [2.05, 4.69) is 4.98 Å². The van der Waals surface area contributed by atoms with Crippen LogP contribution in [0, 0.1) is 11.6 Å². The molecule has 0 spiro atoms. The average molecular weight is 345 g/mol. The number of hydrogen-bond donors (Lipinski definition) is 0. The maximum absolute atomic E-state index is 14.2. The molecule has 0 unspecified atom stereocenters. The third-order valence-corrected chi connectivity index (χ3v) is 4.72. The van der Waals surface area contributed by atoms with Gasteiger partial charge in [-0.1, -0.05) is 30.3 Å². The van der Waals surface area contributed by atoms with E-state index in [0.717, 1.165) is 29.5 Å². The molecule has 0 radical (unpaired) electrons. The van der Waals surface area contributed by atoms with Gasteiger partial charge in [-0.15, -0.1) is 0 Å². The lowest BCUT2D eigenvalue weighted by Gasteiger charge is -2.11. The van der Waals surface area contributed by atoms with E-state index in [4.69, 9.17) is 0 Å². The lowest BCUT2D eigenvalue weighted by atomic mass is 9.96. The largest absolute Gasteiger partial charge is 0.264 e. The van der Waals surface area contributed by atoms with Crippen molar-refractivity contribution in [1.82, 2.24) is 4.98 Å². The van der Waals surface area contributed by atoms with E-state index in [-0.39, 0.29) is 5.56 Å². The van der Waals surface area contributed by atoms with E-state index < -0.39 is 26.4 Å². The van der Waals surface area contributed by atoms with Crippen molar-refractivity contribution in [2.45, 2.75) is 4.90 Å². The molecule has 0 bridgehead atoms. The van der Waals surface area contributed by atoms with Gasteiger partial charge in [0.1, 0.15) is 16.5 Å². The molecule has 0 saturated heterocycles. The number of sulfone groups is 1. The highest BCUT2D eigenvalue weighted by Crippen LogP contribution is 2.33. The summed E-state index contributed by atoms with van der Waals surface area (Å²) in [4.78, 5) is 3.09. The summed E-state index contributed by atoms with van der Waals surface area (Å²) in [6.45, 7) is 0. The highest BCUT2D eigenvalue weighted by Gasteiger charge is 2.21. The van der Waals surface area contributed by atoms with Gasteiger partial charge in [0.25, 0.3) is 0 Å². The van der Waals surface area contributed by atoms with Crippen LogP contribution in [0.2, 0.25) is 0 Å². The number of aromatic nitrogens is 1. The fourth-order valence-electron chi connectivity index (χ4n) is 2.56. The van der Waals surface area contributed by atoms with E-state index in [0.29, 0.717) is 5.56 Å².